The molecule has 3 nitrogen and oxygen atoms in total. The molecule has 136 valence electrons. The second kappa shape index (κ2) is 16.3. The van der Waals surface area contributed by atoms with E-state index < -0.39 is 0 Å². The van der Waals surface area contributed by atoms with Crippen molar-refractivity contribution >= 4 is 0 Å². The molecule has 1 aromatic heterocycles. The minimum atomic E-state index is 0. The zero-order chi connectivity index (χ0) is 15.9. The Kier molecular flexibility index (Phi) is 15.9. The summed E-state index contributed by atoms with van der Waals surface area (Å²) in [5.41, 5.74) is 0. The van der Waals surface area contributed by atoms with Crippen molar-refractivity contribution in [1.82, 2.24) is 4.57 Å². The number of aromatic nitrogens is 2. The van der Waals surface area contributed by atoms with Crippen LogP contribution in [0.15, 0.2) is 18.7 Å². The maximum atomic E-state index is 5.67. The Morgan fingerprint density at radius 3 is 1.83 bits per heavy atom. The topological polar surface area (TPSA) is 18.0 Å². The smallest absolute Gasteiger partial charge is 0.245 e. The average molecular weight is 345 g/mol. The fourth-order valence-corrected chi connectivity index (χ4v) is 2.79. The van der Waals surface area contributed by atoms with E-state index in [1.807, 2.05) is 30.3 Å². The number of nitrogens with zero attached hydrogens (tertiary/aromatic N) is 2. The van der Waals surface area contributed by atoms with Crippen LogP contribution in [0.2, 0.25) is 0 Å². The van der Waals surface area contributed by atoms with Crippen LogP contribution in [0, 0.1) is 0 Å². The van der Waals surface area contributed by atoms with Gasteiger partial charge in [0, 0.05) is 0 Å². The van der Waals surface area contributed by atoms with Gasteiger partial charge in [0.1, 0.15) is 12.4 Å². The number of halogens is 1. The predicted octanol–water partition coefficient (Wildman–Crippen LogP) is 1.99. The molecule has 0 unspecified atom stereocenters. The molecule has 0 N–H and O–H groups in total. The SMILES string of the molecule is CCCCCCCCCCCCCCOCn1cc[n+](C)c1.[Cl-]. The van der Waals surface area contributed by atoms with Crippen molar-refractivity contribution in [2.45, 2.75) is 90.7 Å². The highest BCUT2D eigenvalue weighted by atomic mass is 35.5. The van der Waals surface area contributed by atoms with Gasteiger partial charge in [-0.1, -0.05) is 77.6 Å². The molecular formula is C19H37ClN2O. The van der Waals surface area contributed by atoms with Gasteiger partial charge in [0.05, 0.1) is 13.7 Å². The summed E-state index contributed by atoms with van der Waals surface area (Å²) < 4.78 is 9.78. The predicted molar refractivity (Wildman–Crippen MR) is 92.6 cm³/mol. The minimum absolute atomic E-state index is 0. The Labute approximate surface area is 149 Å². The fourth-order valence-electron chi connectivity index (χ4n) is 2.79. The average Bonchev–Trinajstić information content (AvgIpc) is 2.93. The Bertz CT molecular complexity index is 355. The van der Waals surface area contributed by atoms with E-state index in [2.05, 4.69) is 11.5 Å². The summed E-state index contributed by atoms with van der Waals surface area (Å²) in [4.78, 5) is 0. The summed E-state index contributed by atoms with van der Waals surface area (Å²) in [7, 11) is 2.03. The molecule has 0 saturated carbocycles. The lowest BCUT2D eigenvalue weighted by atomic mass is 10.1. The zero-order valence-corrected chi connectivity index (χ0v) is 16.1. The Hall–Kier alpha value is -0.540. The standard InChI is InChI=1S/C19H37N2O.ClH/c1-3-4-5-6-7-8-9-10-11-12-13-14-17-22-19-21-16-15-20(2)18-21;/h15-16,18H,3-14,17,19H2,1-2H3;1H/q+1;/p-1. The molecular weight excluding hydrogens is 308 g/mol. The summed E-state index contributed by atoms with van der Waals surface area (Å²) in [5, 5.41) is 0. The van der Waals surface area contributed by atoms with Gasteiger partial charge >= 0.3 is 0 Å². The number of rotatable bonds is 15. The first-order valence-corrected chi connectivity index (χ1v) is 9.41. The summed E-state index contributed by atoms with van der Waals surface area (Å²) in [6.45, 7) is 3.85. The first-order valence-electron chi connectivity index (χ1n) is 9.41. The molecule has 23 heavy (non-hydrogen) atoms. The van der Waals surface area contributed by atoms with Crippen molar-refractivity contribution in [3.63, 3.8) is 0 Å². The number of hydrogen-bond donors (Lipinski definition) is 0. The van der Waals surface area contributed by atoms with Crippen LogP contribution in [0.4, 0.5) is 0 Å². The summed E-state index contributed by atoms with van der Waals surface area (Å²) in [5.74, 6) is 0. The third kappa shape index (κ3) is 13.6. The van der Waals surface area contributed by atoms with Crippen molar-refractivity contribution in [2.24, 2.45) is 7.05 Å². The first kappa shape index (κ1) is 22.5. The van der Waals surface area contributed by atoms with Crippen LogP contribution in [-0.4, -0.2) is 11.2 Å². The molecule has 0 aliphatic heterocycles. The van der Waals surface area contributed by atoms with Gasteiger partial charge in [0.2, 0.25) is 6.33 Å². The number of aryl methyl sites for hydroxylation is 1. The maximum Gasteiger partial charge on any atom is 0.245 e. The lowest BCUT2D eigenvalue weighted by molar-refractivity contribution is -0.671. The van der Waals surface area contributed by atoms with Crippen LogP contribution >= 0.6 is 0 Å². The molecule has 0 radical (unpaired) electrons. The molecule has 0 aliphatic rings. The minimum Gasteiger partial charge on any atom is -1.00 e. The summed E-state index contributed by atoms with van der Waals surface area (Å²) in [6, 6.07) is 0. The Morgan fingerprint density at radius 1 is 0.826 bits per heavy atom. The van der Waals surface area contributed by atoms with E-state index in [9.17, 15) is 0 Å². The third-order valence-electron chi connectivity index (χ3n) is 4.21. The highest BCUT2D eigenvalue weighted by molar-refractivity contribution is 4.63. The van der Waals surface area contributed by atoms with Crippen molar-refractivity contribution in [3.05, 3.63) is 18.7 Å². The molecule has 0 aliphatic carbocycles. The fraction of sp³-hybridized carbons (Fsp3) is 0.842. The van der Waals surface area contributed by atoms with Crippen molar-refractivity contribution < 1.29 is 21.7 Å². The second-order valence-corrected chi connectivity index (χ2v) is 6.52. The largest absolute Gasteiger partial charge is 1.00 e. The highest BCUT2D eigenvalue weighted by Gasteiger charge is 1.99. The van der Waals surface area contributed by atoms with Gasteiger partial charge in [-0.05, 0) is 6.42 Å². The monoisotopic (exact) mass is 344 g/mol. The van der Waals surface area contributed by atoms with E-state index in [-0.39, 0.29) is 12.4 Å². The van der Waals surface area contributed by atoms with Gasteiger partial charge in [0.25, 0.3) is 0 Å². The van der Waals surface area contributed by atoms with E-state index >= 15 is 0 Å². The lowest BCUT2D eigenvalue weighted by Gasteiger charge is -2.03. The van der Waals surface area contributed by atoms with Crippen molar-refractivity contribution in [3.8, 4) is 0 Å². The molecule has 1 aromatic rings. The lowest BCUT2D eigenvalue weighted by Crippen LogP contribution is -3.00. The van der Waals surface area contributed by atoms with Gasteiger partial charge in [-0.3, -0.25) is 0 Å². The van der Waals surface area contributed by atoms with E-state index in [0.717, 1.165) is 6.61 Å². The number of hydrogen-bond acceptors (Lipinski definition) is 1. The molecule has 4 heteroatoms. The summed E-state index contributed by atoms with van der Waals surface area (Å²) in [6.07, 6.45) is 22.8. The van der Waals surface area contributed by atoms with Crippen LogP contribution in [-0.2, 0) is 18.5 Å². The molecule has 0 spiro atoms. The molecule has 0 fully saturated rings. The van der Waals surface area contributed by atoms with E-state index in [1.54, 1.807) is 0 Å². The van der Waals surface area contributed by atoms with E-state index in [1.165, 1.54) is 77.0 Å². The normalized spacial score (nSPS) is 10.7. The molecule has 0 saturated heterocycles. The molecule has 0 amide bonds. The number of ether oxygens (including phenoxy) is 1. The Morgan fingerprint density at radius 2 is 1.35 bits per heavy atom. The van der Waals surface area contributed by atoms with E-state index in [0.29, 0.717) is 6.73 Å². The van der Waals surface area contributed by atoms with Crippen LogP contribution in [0.25, 0.3) is 0 Å². The quantitative estimate of drug-likeness (QED) is 0.351. The number of imidazole rings is 1. The molecule has 0 bridgehead atoms. The highest BCUT2D eigenvalue weighted by Crippen LogP contribution is 2.11. The van der Waals surface area contributed by atoms with Gasteiger partial charge in [-0.15, -0.1) is 0 Å². The van der Waals surface area contributed by atoms with Crippen LogP contribution in [0.1, 0.15) is 84.0 Å². The first-order chi connectivity index (χ1) is 10.8. The van der Waals surface area contributed by atoms with Crippen LogP contribution in [0.5, 0.6) is 0 Å². The molecule has 0 aromatic carbocycles. The van der Waals surface area contributed by atoms with E-state index in [4.69, 9.17) is 4.74 Å². The van der Waals surface area contributed by atoms with Gasteiger partial charge in [0.15, 0.2) is 6.73 Å². The van der Waals surface area contributed by atoms with Gasteiger partial charge in [-0.25, -0.2) is 9.13 Å². The van der Waals surface area contributed by atoms with Crippen LogP contribution in [0.3, 0.4) is 0 Å². The number of unbranched alkanes of at least 4 members (excludes halogenated alkanes) is 11. The van der Waals surface area contributed by atoms with Crippen molar-refractivity contribution in [2.75, 3.05) is 6.61 Å². The second-order valence-electron chi connectivity index (χ2n) is 6.52. The van der Waals surface area contributed by atoms with Gasteiger partial charge in [-0.2, -0.15) is 0 Å². The summed E-state index contributed by atoms with van der Waals surface area (Å²) >= 11 is 0. The Balaban J connectivity index is 0.00000484. The molecule has 1 heterocycles. The molecule has 0 atom stereocenters. The zero-order valence-electron chi connectivity index (χ0n) is 15.3. The molecule has 1 rings (SSSR count). The third-order valence-corrected chi connectivity index (χ3v) is 4.21. The maximum absolute atomic E-state index is 5.67. The van der Waals surface area contributed by atoms with Crippen LogP contribution < -0.4 is 17.0 Å². The van der Waals surface area contributed by atoms with Gasteiger partial charge < -0.3 is 17.1 Å². The van der Waals surface area contributed by atoms with Crippen molar-refractivity contribution in [1.29, 1.82) is 0 Å².